The summed E-state index contributed by atoms with van der Waals surface area (Å²) in [6.45, 7) is 24.8. The third-order valence-electron chi connectivity index (χ3n) is 10.4. The van der Waals surface area contributed by atoms with Crippen molar-refractivity contribution in [2.75, 3.05) is 0 Å². The van der Waals surface area contributed by atoms with Gasteiger partial charge in [-0.05, 0) is 68.2 Å². The Kier molecular flexibility index (Phi) is 8.20. The Bertz CT molecular complexity index is 1750. The van der Waals surface area contributed by atoms with E-state index in [0.717, 1.165) is 0 Å². The summed E-state index contributed by atoms with van der Waals surface area (Å²) >= 11 is 0. The van der Waals surface area contributed by atoms with Crippen LogP contribution in [-0.2, 0) is 19.2 Å². The zero-order valence-electron chi connectivity index (χ0n) is 29.8. The molecule has 1 aromatic carbocycles. The average molecular weight is 649 g/mol. The Morgan fingerprint density at radius 2 is 1.26 bits per heavy atom. The molecule has 1 heterocycles. The highest BCUT2D eigenvalue weighted by atomic mass is 16.5. The number of allylic oxidation sites excluding steroid dienone is 5. The number of hydrogen-bond donors (Lipinski definition) is 3. The molecule has 9 heteroatoms. The summed E-state index contributed by atoms with van der Waals surface area (Å²) in [6.07, 6.45) is 0. The van der Waals surface area contributed by atoms with E-state index in [0.29, 0.717) is 5.57 Å². The van der Waals surface area contributed by atoms with Crippen LogP contribution in [0.5, 0.6) is 17.2 Å². The molecular formula is C38H48O9. The molecule has 0 amide bonds. The van der Waals surface area contributed by atoms with Gasteiger partial charge in [0.15, 0.2) is 28.9 Å². The van der Waals surface area contributed by atoms with E-state index in [-0.39, 0.29) is 39.3 Å². The quantitative estimate of drug-likeness (QED) is 0.165. The second-order valence-electron chi connectivity index (χ2n) is 16.2. The van der Waals surface area contributed by atoms with Crippen LogP contribution in [-0.4, -0.2) is 44.2 Å². The number of aliphatic hydroxyl groups is 1. The molecule has 0 fully saturated rings. The molecule has 0 saturated carbocycles. The molecule has 1 aromatic rings. The number of fused-ring (bicyclic) bond motifs is 1. The van der Waals surface area contributed by atoms with E-state index in [1.807, 2.05) is 0 Å². The normalized spacial score (nSPS) is 23.5. The molecule has 0 bridgehead atoms. The number of ketones is 5. The summed E-state index contributed by atoms with van der Waals surface area (Å²) in [7, 11) is 0. The maximum atomic E-state index is 14.1. The minimum absolute atomic E-state index is 0.00839. The van der Waals surface area contributed by atoms with Crippen molar-refractivity contribution in [1.29, 1.82) is 0 Å². The fourth-order valence-electron chi connectivity index (χ4n) is 7.75. The van der Waals surface area contributed by atoms with Crippen molar-refractivity contribution in [3.05, 3.63) is 51.5 Å². The molecule has 254 valence electrons. The van der Waals surface area contributed by atoms with Gasteiger partial charge < -0.3 is 20.1 Å². The Morgan fingerprint density at radius 3 is 1.72 bits per heavy atom. The maximum Gasteiger partial charge on any atom is 0.176 e. The topological polar surface area (TPSA) is 155 Å². The number of benzene rings is 1. The van der Waals surface area contributed by atoms with Crippen LogP contribution in [0.1, 0.15) is 123 Å². The van der Waals surface area contributed by atoms with Gasteiger partial charge in [-0.2, -0.15) is 0 Å². The molecule has 0 radical (unpaired) electrons. The van der Waals surface area contributed by atoms with Gasteiger partial charge in [0.05, 0.1) is 21.7 Å². The van der Waals surface area contributed by atoms with Crippen LogP contribution >= 0.6 is 0 Å². The van der Waals surface area contributed by atoms with E-state index in [1.165, 1.54) is 41.5 Å². The summed E-state index contributed by atoms with van der Waals surface area (Å²) in [5.41, 5.74) is -5.95. The van der Waals surface area contributed by atoms with Gasteiger partial charge in [0, 0.05) is 40.0 Å². The molecule has 2 aliphatic carbocycles. The fourth-order valence-corrected chi connectivity index (χ4v) is 7.75. The number of carbonyl (C=O) groups is 5. The molecule has 0 saturated heterocycles. The van der Waals surface area contributed by atoms with Crippen molar-refractivity contribution < 1.29 is 44.0 Å². The Labute approximate surface area is 276 Å². The van der Waals surface area contributed by atoms with Crippen LogP contribution < -0.4 is 4.74 Å². The fraction of sp³-hybridized carbons (Fsp3) is 0.553. The first-order valence-electron chi connectivity index (χ1n) is 16.1. The van der Waals surface area contributed by atoms with Crippen LogP contribution in [0.25, 0.3) is 0 Å². The molecule has 9 nitrogen and oxygen atoms in total. The number of carbonyl (C=O) groups excluding carboxylic acids is 5. The largest absolute Gasteiger partial charge is 0.511 e. The standard InChI is InChI=1S/C38H48O9/c1-15(2)18(22-29(42)35(7,8)33(45)36(9,10)30(22)43)20-26(40)21-19(16(3)4)23-31(44)37(11,12)34(46)38(13,14)32(23)47-28(21)24(27(20)41)25(39)17(5)6/h15,17-19,40-42H,3H2,1-2,4-14H3/t18-,19-/m1/s1. The first kappa shape index (κ1) is 35.8. The zero-order chi connectivity index (χ0) is 36.3. The lowest BCUT2D eigenvalue weighted by molar-refractivity contribution is -0.146. The number of hydrogen-bond acceptors (Lipinski definition) is 9. The molecule has 3 N–H and O–H groups in total. The van der Waals surface area contributed by atoms with E-state index < -0.39 is 91.5 Å². The van der Waals surface area contributed by atoms with Crippen molar-refractivity contribution in [1.82, 2.24) is 0 Å². The van der Waals surface area contributed by atoms with Gasteiger partial charge in [0.2, 0.25) is 0 Å². The maximum absolute atomic E-state index is 14.1. The van der Waals surface area contributed by atoms with E-state index in [2.05, 4.69) is 6.58 Å². The SMILES string of the molecule is C=C(C)[C@H]1C2=C(Oc3c(C(=O)C(C)C)c(O)c([C@H](C4=C(O)C(C)(C)C(=O)C(C)(C)C4=O)C(C)C)c(O)c31)C(C)(C)C(=O)C(C)(C)C2=O. The lowest BCUT2D eigenvalue weighted by Crippen LogP contribution is -2.51. The second-order valence-corrected chi connectivity index (χ2v) is 16.2. The van der Waals surface area contributed by atoms with Crippen LogP contribution in [0, 0.1) is 33.5 Å². The predicted octanol–water partition coefficient (Wildman–Crippen LogP) is 7.20. The molecule has 47 heavy (non-hydrogen) atoms. The number of Topliss-reactive ketones (excluding diaryl/α,β-unsaturated/α-hetero) is 5. The lowest BCUT2D eigenvalue weighted by Gasteiger charge is -2.45. The molecule has 1 aliphatic heterocycles. The van der Waals surface area contributed by atoms with Gasteiger partial charge in [-0.1, -0.05) is 39.8 Å². The summed E-state index contributed by atoms with van der Waals surface area (Å²) in [5.74, 6) is -8.00. The first-order chi connectivity index (χ1) is 21.2. The number of phenols is 2. The van der Waals surface area contributed by atoms with Crippen molar-refractivity contribution >= 4 is 28.9 Å². The molecular weight excluding hydrogens is 600 g/mol. The average Bonchev–Trinajstić information content (AvgIpc) is 2.96. The smallest absolute Gasteiger partial charge is 0.176 e. The minimum Gasteiger partial charge on any atom is -0.511 e. The van der Waals surface area contributed by atoms with Crippen molar-refractivity contribution in [2.45, 2.75) is 102 Å². The number of rotatable bonds is 6. The highest BCUT2D eigenvalue weighted by Crippen LogP contribution is 2.61. The van der Waals surface area contributed by atoms with E-state index >= 15 is 0 Å². The minimum atomic E-state index is -1.55. The highest BCUT2D eigenvalue weighted by Gasteiger charge is 2.59. The van der Waals surface area contributed by atoms with Crippen LogP contribution in [0.2, 0.25) is 0 Å². The van der Waals surface area contributed by atoms with E-state index in [9.17, 15) is 39.3 Å². The monoisotopic (exact) mass is 648 g/mol. The van der Waals surface area contributed by atoms with Crippen LogP contribution in [0.4, 0.5) is 0 Å². The summed E-state index contributed by atoms with van der Waals surface area (Å²) in [4.78, 5) is 69.3. The highest BCUT2D eigenvalue weighted by molar-refractivity contribution is 6.21. The van der Waals surface area contributed by atoms with Crippen molar-refractivity contribution in [2.24, 2.45) is 33.5 Å². The zero-order valence-corrected chi connectivity index (χ0v) is 29.8. The molecule has 3 aliphatic rings. The Balaban J connectivity index is 2.24. The van der Waals surface area contributed by atoms with Gasteiger partial charge >= 0.3 is 0 Å². The van der Waals surface area contributed by atoms with E-state index in [1.54, 1.807) is 48.5 Å². The van der Waals surface area contributed by atoms with E-state index in [4.69, 9.17) is 4.74 Å². The third kappa shape index (κ3) is 4.66. The summed E-state index contributed by atoms with van der Waals surface area (Å²) in [5, 5.41) is 36.0. The molecule has 0 unspecified atom stereocenters. The number of aromatic hydroxyl groups is 2. The molecule has 2 atom stereocenters. The number of phenolic OH excluding ortho intramolecular Hbond substituents is 2. The molecule has 4 rings (SSSR count). The Hall–Kier alpha value is -4.01. The summed E-state index contributed by atoms with van der Waals surface area (Å²) < 4.78 is 6.38. The number of aliphatic hydroxyl groups excluding tert-OH is 1. The molecule has 0 spiro atoms. The first-order valence-corrected chi connectivity index (χ1v) is 16.1. The van der Waals surface area contributed by atoms with Crippen LogP contribution in [0.3, 0.4) is 0 Å². The second kappa shape index (κ2) is 10.8. The predicted molar refractivity (Wildman–Crippen MR) is 177 cm³/mol. The molecule has 0 aromatic heterocycles. The Morgan fingerprint density at radius 1 is 0.766 bits per heavy atom. The number of ether oxygens (including phenoxy) is 1. The van der Waals surface area contributed by atoms with Crippen LogP contribution in [0.15, 0.2) is 34.8 Å². The van der Waals surface area contributed by atoms with Gasteiger partial charge in [0.25, 0.3) is 0 Å². The van der Waals surface area contributed by atoms with Gasteiger partial charge in [0.1, 0.15) is 34.3 Å². The lowest BCUT2D eigenvalue weighted by atomic mass is 9.58. The van der Waals surface area contributed by atoms with Crippen molar-refractivity contribution in [3.8, 4) is 17.2 Å². The third-order valence-corrected chi connectivity index (χ3v) is 10.4. The summed E-state index contributed by atoms with van der Waals surface area (Å²) in [6, 6.07) is 0. The van der Waals surface area contributed by atoms with Gasteiger partial charge in [-0.3, -0.25) is 24.0 Å². The van der Waals surface area contributed by atoms with Gasteiger partial charge in [-0.15, -0.1) is 0 Å². The van der Waals surface area contributed by atoms with Crippen molar-refractivity contribution in [3.63, 3.8) is 0 Å². The van der Waals surface area contributed by atoms with Gasteiger partial charge in [-0.25, -0.2) is 0 Å².